The number of hydrogen-bond donors (Lipinski definition) is 1. The monoisotopic (exact) mass is 367 g/mol. The van der Waals surface area contributed by atoms with Crippen molar-refractivity contribution in [2.24, 2.45) is 0 Å². The van der Waals surface area contributed by atoms with Crippen LogP contribution in [0.25, 0.3) is 10.6 Å². The number of carboxylic acid groups (broad SMARTS) is 1. The van der Waals surface area contributed by atoms with E-state index in [2.05, 4.69) is 20.9 Å². The third kappa shape index (κ3) is 2.03. The van der Waals surface area contributed by atoms with E-state index >= 15 is 0 Å². The van der Waals surface area contributed by atoms with Crippen molar-refractivity contribution >= 4 is 33.2 Å². The molecule has 0 radical (unpaired) electrons. The maximum Gasteiger partial charge on any atom is 0.312 e. The summed E-state index contributed by atoms with van der Waals surface area (Å²) in [6.07, 6.45) is 1.43. The van der Waals surface area contributed by atoms with Crippen LogP contribution < -0.4 is 9.47 Å². The van der Waals surface area contributed by atoms with E-state index < -0.39 is 11.9 Å². The van der Waals surface area contributed by atoms with Crippen LogP contribution in [0.5, 0.6) is 11.5 Å². The van der Waals surface area contributed by atoms with E-state index in [0.717, 1.165) is 32.0 Å². The molecule has 0 fully saturated rings. The number of carbonyl (C=O) groups is 1. The summed E-state index contributed by atoms with van der Waals surface area (Å²) in [6.45, 7) is 0.215. The number of aromatic nitrogens is 1. The van der Waals surface area contributed by atoms with Gasteiger partial charge >= 0.3 is 5.97 Å². The van der Waals surface area contributed by atoms with E-state index in [9.17, 15) is 9.90 Å². The van der Waals surface area contributed by atoms with Crippen molar-refractivity contribution < 1.29 is 19.4 Å². The highest BCUT2D eigenvalue weighted by Crippen LogP contribution is 2.45. The summed E-state index contributed by atoms with van der Waals surface area (Å²) in [4.78, 5) is 16.9. The first-order valence-corrected chi connectivity index (χ1v) is 8.06. The fraction of sp³-hybridized carbons (Fsp3) is 0.286. The minimum atomic E-state index is -0.794. The van der Waals surface area contributed by atoms with Crippen molar-refractivity contribution in [3.05, 3.63) is 27.2 Å². The van der Waals surface area contributed by atoms with E-state index in [4.69, 9.17) is 9.47 Å². The van der Waals surface area contributed by atoms with Crippen LogP contribution in [0.3, 0.4) is 0 Å². The normalized spacial score (nSPS) is 18.8. The number of carboxylic acids is 1. The third-order valence-corrected chi connectivity index (χ3v) is 5.46. The fourth-order valence-corrected chi connectivity index (χ4v) is 4.36. The molecule has 2 aromatic rings. The van der Waals surface area contributed by atoms with Gasteiger partial charge in [0.25, 0.3) is 0 Å². The largest absolute Gasteiger partial charge is 0.481 e. The van der Waals surface area contributed by atoms with Gasteiger partial charge in [0.05, 0.1) is 10.2 Å². The molecule has 2 aliphatic rings. The highest BCUT2D eigenvalue weighted by molar-refractivity contribution is 9.10. The van der Waals surface area contributed by atoms with Crippen LogP contribution >= 0.6 is 27.3 Å². The molecule has 1 aliphatic heterocycles. The second-order valence-corrected chi connectivity index (χ2v) is 6.89. The summed E-state index contributed by atoms with van der Waals surface area (Å²) in [5, 5.41) is 10.1. The number of aliphatic carboxylic acids is 1. The molecule has 1 aromatic heterocycles. The maximum atomic E-state index is 11.2. The zero-order chi connectivity index (χ0) is 14.6. The number of benzene rings is 1. The zero-order valence-electron chi connectivity index (χ0n) is 10.8. The fourth-order valence-electron chi connectivity index (χ4n) is 2.68. The molecule has 0 saturated carbocycles. The Bertz CT molecular complexity index is 758. The van der Waals surface area contributed by atoms with Crippen LogP contribution in [0.2, 0.25) is 0 Å². The Kier molecular flexibility index (Phi) is 2.93. The van der Waals surface area contributed by atoms with Crippen molar-refractivity contribution in [1.82, 2.24) is 4.98 Å². The lowest BCUT2D eigenvalue weighted by atomic mass is 10.1. The minimum Gasteiger partial charge on any atom is -0.481 e. The van der Waals surface area contributed by atoms with Crippen molar-refractivity contribution in [1.29, 1.82) is 0 Å². The van der Waals surface area contributed by atoms with Gasteiger partial charge in [-0.2, -0.15) is 0 Å². The molecule has 0 saturated heterocycles. The molecule has 0 bridgehead atoms. The molecule has 1 aromatic carbocycles. The van der Waals surface area contributed by atoms with Crippen LogP contribution in [-0.2, 0) is 11.2 Å². The molecule has 1 unspecified atom stereocenters. The van der Waals surface area contributed by atoms with Gasteiger partial charge in [0, 0.05) is 10.4 Å². The van der Waals surface area contributed by atoms with Crippen LogP contribution in [0.1, 0.15) is 22.9 Å². The van der Waals surface area contributed by atoms with Crippen molar-refractivity contribution in [2.45, 2.75) is 18.8 Å². The van der Waals surface area contributed by atoms with Crippen LogP contribution in [0.4, 0.5) is 0 Å². The van der Waals surface area contributed by atoms with Crippen molar-refractivity contribution in [2.75, 3.05) is 6.79 Å². The van der Waals surface area contributed by atoms with E-state index in [1.807, 2.05) is 12.1 Å². The molecule has 21 heavy (non-hydrogen) atoms. The highest BCUT2D eigenvalue weighted by Gasteiger charge is 2.32. The topological polar surface area (TPSA) is 68.7 Å². The minimum absolute atomic E-state index is 0.215. The predicted molar refractivity (Wildman–Crippen MR) is 80.1 cm³/mol. The summed E-state index contributed by atoms with van der Waals surface area (Å²) in [6, 6.07) is 3.81. The second kappa shape index (κ2) is 4.71. The average molecular weight is 368 g/mol. The summed E-state index contributed by atoms with van der Waals surface area (Å²) in [5.74, 6) is 0.121. The first-order valence-electron chi connectivity index (χ1n) is 6.45. The summed E-state index contributed by atoms with van der Waals surface area (Å²) in [5.41, 5.74) is 1.63. The quantitative estimate of drug-likeness (QED) is 0.880. The molecular weight excluding hydrogens is 358 g/mol. The van der Waals surface area contributed by atoms with Crippen LogP contribution in [0.15, 0.2) is 16.6 Å². The van der Waals surface area contributed by atoms with Gasteiger partial charge in [-0.25, -0.2) is 4.98 Å². The van der Waals surface area contributed by atoms with Gasteiger partial charge in [-0.05, 0) is 40.9 Å². The molecular formula is C14H10BrNO4S. The second-order valence-electron chi connectivity index (χ2n) is 4.95. The standard InChI is InChI=1S/C14H10BrNO4S/c15-8-3-6(4-9-12(8)20-5-19-9)13-16-11-7(14(17)18)1-2-10(11)21-13/h3-4,7H,1-2,5H2,(H,17,18). The van der Waals surface area contributed by atoms with E-state index in [-0.39, 0.29) is 6.79 Å². The lowest BCUT2D eigenvalue weighted by Gasteiger charge is -2.04. The Hall–Kier alpha value is -1.60. The number of ether oxygens (including phenoxy) is 2. The van der Waals surface area contributed by atoms with Gasteiger partial charge < -0.3 is 14.6 Å². The van der Waals surface area contributed by atoms with Gasteiger partial charge in [0.2, 0.25) is 6.79 Å². The van der Waals surface area contributed by atoms with E-state index in [0.29, 0.717) is 17.9 Å². The Morgan fingerprint density at radius 1 is 1.43 bits per heavy atom. The van der Waals surface area contributed by atoms with E-state index in [1.165, 1.54) is 0 Å². The van der Waals surface area contributed by atoms with Gasteiger partial charge in [-0.3, -0.25) is 4.79 Å². The number of halogens is 1. The number of hydrogen-bond acceptors (Lipinski definition) is 5. The number of thiazole rings is 1. The molecule has 2 heterocycles. The molecule has 1 atom stereocenters. The summed E-state index contributed by atoms with van der Waals surface area (Å²) in [7, 11) is 0. The molecule has 0 spiro atoms. The van der Waals surface area contributed by atoms with Gasteiger partial charge in [-0.15, -0.1) is 11.3 Å². The molecule has 7 heteroatoms. The molecule has 108 valence electrons. The molecule has 0 amide bonds. The lowest BCUT2D eigenvalue weighted by molar-refractivity contribution is -0.138. The predicted octanol–water partition coefficient (Wildman–Crippen LogP) is 3.42. The van der Waals surface area contributed by atoms with Gasteiger partial charge in [0.15, 0.2) is 11.5 Å². The highest BCUT2D eigenvalue weighted by atomic mass is 79.9. The van der Waals surface area contributed by atoms with Gasteiger partial charge in [-0.1, -0.05) is 0 Å². The molecule has 1 N–H and O–H groups in total. The van der Waals surface area contributed by atoms with Gasteiger partial charge in [0.1, 0.15) is 10.9 Å². The lowest BCUT2D eigenvalue weighted by Crippen LogP contribution is -2.08. The number of rotatable bonds is 2. The number of fused-ring (bicyclic) bond motifs is 2. The first kappa shape index (κ1) is 13.1. The molecule has 1 aliphatic carbocycles. The maximum absolute atomic E-state index is 11.2. The average Bonchev–Trinajstić information content (AvgIpc) is 3.12. The van der Waals surface area contributed by atoms with Crippen molar-refractivity contribution in [3.8, 4) is 22.1 Å². The first-order chi connectivity index (χ1) is 10.1. The Morgan fingerprint density at radius 2 is 2.29 bits per heavy atom. The SMILES string of the molecule is O=C(O)C1CCc2sc(-c3cc(Br)c4c(c3)OCO4)nc21. The summed E-state index contributed by atoms with van der Waals surface area (Å²) >= 11 is 5.02. The number of nitrogens with zero attached hydrogens (tertiary/aromatic N) is 1. The van der Waals surface area contributed by atoms with Crippen LogP contribution in [0, 0.1) is 0 Å². The van der Waals surface area contributed by atoms with E-state index in [1.54, 1.807) is 11.3 Å². The third-order valence-electron chi connectivity index (χ3n) is 3.69. The van der Waals surface area contributed by atoms with Crippen molar-refractivity contribution in [3.63, 3.8) is 0 Å². The Morgan fingerprint density at radius 3 is 3.10 bits per heavy atom. The molecule has 5 nitrogen and oxygen atoms in total. The van der Waals surface area contributed by atoms with Crippen LogP contribution in [-0.4, -0.2) is 22.9 Å². The summed E-state index contributed by atoms with van der Waals surface area (Å²) < 4.78 is 11.6. The Labute approximate surface area is 132 Å². The smallest absolute Gasteiger partial charge is 0.312 e. The molecule has 4 rings (SSSR count). The zero-order valence-corrected chi connectivity index (χ0v) is 13.2. The Balaban J connectivity index is 1.77. The number of aryl methyl sites for hydroxylation is 1.